The lowest BCUT2D eigenvalue weighted by Crippen LogP contribution is -2.40. The molecule has 10 heteroatoms. The Bertz CT molecular complexity index is 962. The van der Waals surface area contributed by atoms with E-state index in [1.807, 2.05) is 0 Å². The number of amides is 1. The van der Waals surface area contributed by atoms with Crippen LogP contribution in [0.25, 0.3) is 0 Å². The van der Waals surface area contributed by atoms with Gasteiger partial charge in [0.1, 0.15) is 12.1 Å². The van der Waals surface area contributed by atoms with Crippen molar-refractivity contribution in [3.8, 4) is 0 Å². The Labute approximate surface area is 155 Å². The Morgan fingerprint density at radius 2 is 1.75 bits per heavy atom. The number of halogens is 6. The molecule has 0 atom stereocenters. The Morgan fingerprint density at radius 3 is 2.39 bits per heavy atom. The molecule has 2 heterocycles. The van der Waals surface area contributed by atoms with Gasteiger partial charge in [-0.1, -0.05) is 0 Å². The summed E-state index contributed by atoms with van der Waals surface area (Å²) in [4.78, 5) is 25.8. The molecule has 1 aliphatic rings. The van der Waals surface area contributed by atoms with E-state index in [0.717, 1.165) is 24.4 Å². The zero-order chi connectivity index (χ0) is 20.7. The average molecular weight is 404 g/mol. The van der Waals surface area contributed by atoms with Gasteiger partial charge in [0, 0.05) is 18.4 Å². The van der Waals surface area contributed by atoms with Gasteiger partial charge in [0.05, 0.1) is 5.56 Å². The number of pyridine rings is 1. The highest BCUT2D eigenvalue weighted by Crippen LogP contribution is 2.35. The summed E-state index contributed by atoms with van der Waals surface area (Å²) in [6.07, 6.45) is -7.57. The van der Waals surface area contributed by atoms with Crippen LogP contribution in [0.5, 0.6) is 0 Å². The topological polar surface area (TPSA) is 42.3 Å². The third-order valence-electron chi connectivity index (χ3n) is 4.46. The van der Waals surface area contributed by atoms with E-state index in [1.165, 1.54) is 11.0 Å². The van der Waals surface area contributed by atoms with Gasteiger partial charge in [0.2, 0.25) is 5.91 Å². The standard InChI is InChI=1S/C18H14F6N2O2/c19-17(20,21)12-5-6-14-11(9-12)3-1-8-26(14)15(27)10-25-7-2-4-13(16(25)28)18(22,23)24/h2,4-7,9H,1,3,8,10H2. The van der Waals surface area contributed by atoms with Gasteiger partial charge < -0.3 is 9.47 Å². The number of rotatable bonds is 2. The molecule has 150 valence electrons. The molecule has 28 heavy (non-hydrogen) atoms. The van der Waals surface area contributed by atoms with Crippen LogP contribution < -0.4 is 10.5 Å². The highest BCUT2D eigenvalue weighted by Gasteiger charge is 2.35. The first kappa shape index (κ1) is 20.0. The van der Waals surface area contributed by atoms with Crippen molar-refractivity contribution < 1.29 is 31.1 Å². The lowest BCUT2D eigenvalue weighted by atomic mass is 9.99. The molecule has 0 aliphatic carbocycles. The molecule has 0 fully saturated rings. The van der Waals surface area contributed by atoms with Gasteiger partial charge in [-0.05, 0) is 48.7 Å². The van der Waals surface area contributed by atoms with Crippen molar-refractivity contribution in [2.24, 2.45) is 0 Å². The van der Waals surface area contributed by atoms with E-state index in [2.05, 4.69) is 0 Å². The van der Waals surface area contributed by atoms with Crippen molar-refractivity contribution in [1.82, 2.24) is 4.57 Å². The largest absolute Gasteiger partial charge is 0.421 e. The second kappa shape index (κ2) is 6.99. The van der Waals surface area contributed by atoms with Crippen LogP contribution in [0.1, 0.15) is 23.1 Å². The monoisotopic (exact) mass is 404 g/mol. The molecule has 4 nitrogen and oxygen atoms in total. The van der Waals surface area contributed by atoms with Crippen LogP contribution in [-0.2, 0) is 30.1 Å². The lowest BCUT2D eigenvalue weighted by molar-refractivity contribution is -0.139. The predicted octanol–water partition coefficient (Wildman–Crippen LogP) is 3.87. The molecule has 0 saturated carbocycles. The van der Waals surface area contributed by atoms with Crippen LogP contribution >= 0.6 is 0 Å². The van der Waals surface area contributed by atoms with E-state index >= 15 is 0 Å². The molecule has 1 aliphatic heterocycles. The fourth-order valence-electron chi connectivity index (χ4n) is 3.14. The second-order valence-corrected chi connectivity index (χ2v) is 6.34. The lowest BCUT2D eigenvalue weighted by Gasteiger charge is -2.30. The van der Waals surface area contributed by atoms with Crippen LogP contribution in [0.4, 0.5) is 32.0 Å². The van der Waals surface area contributed by atoms with Gasteiger partial charge in [-0.2, -0.15) is 26.3 Å². The molecule has 1 aromatic heterocycles. The fourth-order valence-corrected chi connectivity index (χ4v) is 3.14. The van der Waals surface area contributed by atoms with Crippen molar-refractivity contribution in [3.63, 3.8) is 0 Å². The molecule has 3 rings (SSSR count). The first-order chi connectivity index (χ1) is 13.0. The quantitative estimate of drug-likeness (QED) is 0.714. The Balaban J connectivity index is 1.89. The minimum atomic E-state index is -4.85. The molecule has 0 N–H and O–H groups in total. The first-order valence-electron chi connectivity index (χ1n) is 8.25. The summed E-state index contributed by atoms with van der Waals surface area (Å²) in [5.74, 6) is -0.679. The minimum absolute atomic E-state index is 0.199. The molecule has 0 unspecified atom stereocenters. The first-order valence-corrected chi connectivity index (χ1v) is 8.25. The van der Waals surface area contributed by atoms with E-state index in [4.69, 9.17) is 0 Å². The Hall–Kier alpha value is -2.78. The third kappa shape index (κ3) is 3.90. The molecule has 1 aromatic carbocycles. The van der Waals surface area contributed by atoms with Crippen molar-refractivity contribution in [2.45, 2.75) is 31.7 Å². The van der Waals surface area contributed by atoms with Crippen molar-refractivity contribution >= 4 is 11.6 Å². The molecule has 0 bridgehead atoms. The van der Waals surface area contributed by atoms with Gasteiger partial charge in [0.25, 0.3) is 5.56 Å². The number of aryl methyl sites for hydroxylation is 1. The van der Waals surface area contributed by atoms with Crippen LogP contribution in [0.15, 0.2) is 41.3 Å². The summed E-state index contributed by atoms with van der Waals surface area (Å²) in [6.45, 7) is -0.450. The van der Waals surface area contributed by atoms with Crippen molar-refractivity contribution in [3.05, 3.63) is 63.6 Å². The van der Waals surface area contributed by atoms with Gasteiger partial charge in [-0.25, -0.2) is 0 Å². The van der Waals surface area contributed by atoms with E-state index in [0.29, 0.717) is 29.0 Å². The zero-order valence-corrected chi connectivity index (χ0v) is 14.3. The van der Waals surface area contributed by atoms with E-state index in [-0.39, 0.29) is 12.2 Å². The summed E-state index contributed by atoms with van der Waals surface area (Å²) >= 11 is 0. The summed E-state index contributed by atoms with van der Waals surface area (Å²) in [7, 11) is 0. The SMILES string of the molecule is O=C(Cn1cccc(C(F)(F)F)c1=O)N1CCCc2cc(C(F)(F)F)ccc21. The number of hydrogen-bond acceptors (Lipinski definition) is 2. The summed E-state index contributed by atoms with van der Waals surface area (Å²) in [5, 5.41) is 0. The maximum atomic E-state index is 12.9. The van der Waals surface area contributed by atoms with Gasteiger partial charge in [-0.3, -0.25) is 9.59 Å². The van der Waals surface area contributed by atoms with Crippen LogP contribution in [0, 0.1) is 0 Å². The number of nitrogens with zero attached hydrogens (tertiary/aromatic N) is 2. The number of fused-ring (bicyclic) bond motifs is 1. The van der Waals surface area contributed by atoms with Crippen molar-refractivity contribution in [2.75, 3.05) is 11.4 Å². The van der Waals surface area contributed by atoms with Crippen LogP contribution in [0.3, 0.4) is 0 Å². The van der Waals surface area contributed by atoms with Crippen molar-refractivity contribution in [1.29, 1.82) is 0 Å². The average Bonchev–Trinajstić information content (AvgIpc) is 2.60. The number of hydrogen-bond donors (Lipinski definition) is 0. The summed E-state index contributed by atoms with van der Waals surface area (Å²) < 4.78 is 77.8. The Kier molecular flexibility index (Phi) is 4.99. The number of aromatic nitrogens is 1. The number of carbonyl (C=O) groups excluding carboxylic acids is 1. The predicted molar refractivity (Wildman–Crippen MR) is 87.8 cm³/mol. The normalized spacial score (nSPS) is 14.7. The number of carbonyl (C=O) groups is 1. The minimum Gasteiger partial charge on any atom is -0.311 e. The smallest absolute Gasteiger partial charge is 0.311 e. The van der Waals surface area contributed by atoms with Gasteiger partial charge in [0.15, 0.2) is 0 Å². The summed E-state index contributed by atoms with van der Waals surface area (Å²) in [6, 6.07) is 4.62. The van der Waals surface area contributed by atoms with E-state index < -0.39 is 41.5 Å². The zero-order valence-electron chi connectivity index (χ0n) is 14.3. The number of benzene rings is 1. The maximum Gasteiger partial charge on any atom is 0.421 e. The molecule has 0 radical (unpaired) electrons. The molecule has 0 spiro atoms. The third-order valence-corrected chi connectivity index (χ3v) is 4.46. The van der Waals surface area contributed by atoms with E-state index in [9.17, 15) is 35.9 Å². The molecular weight excluding hydrogens is 390 g/mol. The number of alkyl halides is 6. The number of anilines is 1. The van der Waals surface area contributed by atoms with Crippen LogP contribution in [0.2, 0.25) is 0 Å². The molecule has 2 aromatic rings. The maximum absolute atomic E-state index is 12.9. The molecule has 1 amide bonds. The highest BCUT2D eigenvalue weighted by molar-refractivity contribution is 5.94. The molecular formula is C18H14F6N2O2. The highest BCUT2D eigenvalue weighted by atomic mass is 19.4. The van der Waals surface area contributed by atoms with Gasteiger partial charge >= 0.3 is 12.4 Å². The summed E-state index contributed by atoms with van der Waals surface area (Å²) in [5.41, 5.74) is -2.99. The van der Waals surface area contributed by atoms with Crippen LogP contribution in [-0.4, -0.2) is 17.0 Å². The fraction of sp³-hybridized carbons (Fsp3) is 0.333. The second-order valence-electron chi connectivity index (χ2n) is 6.34. The molecule has 0 saturated heterocycles. The Morgan fingerprint density at radius 1 is 1.04 bits per heavy atom. The van der Waals surface area contributed by atoms with Gasteiger partial charge in [-0.15, -0.1) is 0 Å². The van der Waals surface area contributed by atoms with E-state index in [1.54, 1.807) is 0 Å².